The second-order valence-electron chi connectivity index (χ2n) is 6.85. The van der Waals surface area contributed by atoms with Crippen molar-refractivity contribution in [1.29, 1.82) is 0 Å². The lowest BCUT2D eigenvalue weighted by Gasteiger charge is -2.29. The monoisotopic (exact) mass is 306 g/mol. The van der Waals surface area contributed by atoms with Gasteiger partial charge in [0.15, 0.2) is 0 Å². The van der Waals surface area contributed by atoms with Gasteiger partial charge in [-0.2, -0.15) is 0 Å². The van der Waals surface area contributed by atoms with Gasteiger partial charge in [-0.3, -0.25) is 0 Å². The average molecular weight is 306 g/mol. The highest BCUT2D eigenvalue weighted by molar-refractivity contribution is 5.27. The van der Waals surface area contributed by atoms with Crippen molar-refractivity contribution >= 4 is 0 Å². The molecule has 0 heterocycles. The fraction of sp³-hybridized carbons (Fsp3) is 0.700. The molecular formula is C20H34O2. The average Bonchev–Trinajstić information content (AvgIpc) is 2.55. The minimum atomic E-state index is 0.00954. The Morgan fingerprint density at radius 1 is 0.955 bits per heavy atom. The topological polar surface area (TPSA) is 40.5 Å². The van der Waals surface area contributed by atoms with Gasteiger partial charge < -0.3 is 10.2 Å². The van der Waals surface area contributed by atoms with Gasteiger partial charge in [0, 0.05) is 0 Å². The van der Waals surface area contributed by atoms with E-state index in [9.17, 15) is 5.11 Å². The van der Waals surface area contributed by atoms with Gasteiger partial charge in [-0.25, -0.2) is 0 Å². The second-order valence-corrected chi connectivity index (χ2v) is 6.85. The zero-order chi connectivity index (χ0) is 16.5. The molecular weight excluding hydrogens is 272 g/mol. The van der Waals surface area contributed by atoms with Crippen molar-refractivity contribution in [3.05, 3.63) is 29.8 Å². The van der Waals surface area contributed by atoms with E-state index in [0.717, 1.165) is 31.1 Å². The summed E-state index contributed by atoms with van der Waals surface area (Å²) in [4.78, 5) is 0. The number of benzene rings is 1. The third kappa shape index (κ3) is 6.39. The van der Waals surface area contributed by atoms with Crippen molar-refractivity contribution in [3.8, 4) is 5.75 Å². The van der Waals surface area contributed by atoms with Crippen molar-refractivity contribution in [3.63, 3.8) is 0 Å². The maximum atomic E-state index is 9.28. The molecule has 1 aromatic carbocycles. The fourth-order valence-corrected chi connectivity index (χ4v) is 3.04. The van der Waals surface area contributed by atoms with Crippen molar-refractivity contribution in [2.75, 3.05) is 0 Å². The first-order chi connectivity index (χ1) is 10.5. The number of aliphatic hydroxyl groups excluding tert-OH is 1. The second kappa shape index (κ2) is 9.89. The molecule has 2 heteroatoms. The summed E-state index contributed by atoms with van der Waals surface area (Å²) in [7, 11) is 0. The largest absolute Gasteiger partial charge is 0.508 e. The van der Waals surface area contributed by atoms with Crippen LogP contribution < -0.4 is 0 Å². The molecule has 2 unspecified atom stereocenters. The third-order valence-electron chi connectivity index (χ3n) is 5.26. The zero-order valence-electron chi connectivity index (χ0n) is 14.8. The summed E-state index contributed by atoms with van der Waals surface area (Å²) >= 11 is 0. The summed E-state index contributed by atoms with van der Waals surface area (Å²) in [5.74, 6) is 2.69. The van der Waals surface area contributed by atoms with E-state index < -0.39 is 0 Å². The quantitative estimate of drug-likeness (QED) is 0.772. The van der Waals surface area contributed by atoms with Crippen LogP contribution >= 0.6 is 0 Å². The molecule has 0 amide bonds. The van der Waals surface area contributed by atoms with E-state index in [4.69, 9.17) is 5.11 Å². The molecule has 1 fully saturated rings. The number of hydrogen-bond donors (Lipinski definition) is 2. The molecule has 0 radical (unpaired) electrons. The molecule has 0 saturated heterocycles. The van der Waals surface area contributed by atoms with Crippen LogP contribution in [-0.2, 0) is 0 Å². The molecule has 2 N–H and O–H groups in total. The van der Waals surface area contributed by atoms with E-state index >= 15 is 0 Å². The van der Waals surface area contributed by atoms with Crippen molar-refractivity contribution in [1.82, 2.24) is 0 Å². The summed E-state index contributed by atoms with van der Waals surface area (Å²) in [6, 6.07) is 7.43. The van der Waals surface area contributed by atoms with Gasteiger partial charge in [-0.05, 0) is 67.6 Å². The standard InChI is InChI=1S/C10H20O.C10H14O/c2*1-3-8(2)9-4-6-10(11)7-5-9/h8-11H,3-7H2,1-2H3;4-8,11H,3H2,1-2H3. The number of aliphatic hydroxyl groups is 1. The molecule has 2 rings (SSSR count). The van der Waals surface area contributed by atoms with Gasteiger partial charge >= 0.3 is 0 Å². The maximum Gasteiger partial charge on any atom is 0.115 e. The molecule has 2 nitrogen and oxygen atoms in total. The first kappa shape index (κ1) is 19.0. The lowest BCUT2D eigenvalue weighted by Crippen LogP contribution is -2.22. The van der Waals surface area contributed by atoms with E-state index in [0.29, 0.717) is 11.7 Å². The Morgan fingerprint density at radius 2 is 1.50 bits per heavy atom. The number of aromatic hydroxyl groups is 1. The lowest BCUT2D eigenvalue weighted by atomic mass is 9.79. The SMILES string of the molecule is CCC(C)C1CCC(O)CC1.CCC(C)c1ccc(O)cc1. The van der Waals surface area contributed by atoms with E-state index in [1.54, 1.807) is 12.1 Å². The van der Waals surface area contributed by atoms with Gasteiger partial charge in [0.2, 0.25) is 0 Å². The highest BCUT2D eigenvalue weighted by Crippen LogP contribution is 2.31. The Morgan fingerprint density at radius 3 is 1.95 bits per heavy atom. The minimum Gasteiger partial charge on any atom is -0.508 e. The predicted molar refractivity (Wildman–Crippen MR) is 94.2 cm³/mol. The van der Waals surface area contributed by atoms with Crippen LogP contribution in [0.25, 0.3) is 0 Å². The Hall–Kier alpha value is -1.02. The van der Waals surface area contributed by atoms with Crippen molar-refractivity contribution in [2.45, 2.75) is 78.2 Å². The molecule has 1 aliphatic carbocycles. The predicted octanol–water partition coefficient (Wildman–Crippen LogP) is 5.49. The van der Waals surface area contributed by atoms with Crippen molar-refractivity contribution in [2.24, 2.45) is 11.8 Å². The van der Waals surface area contributed by atoms with Crippen LogP contribution in [0.4, 0.5) is 0 Å². The molecule has 1 aliphatic rings. The first-order valence-corrected chi connectivity index (χ1v) is 8.94. The lowest BCUT2D eigenvalue weighted by molar-refractivity contribution is 0.0930. The Bertz CT molecular complexity index is 391. The van der Waals surface area contributed by atoms with Crippen LogP contribution in [0.2, 0.25) is 0 Å². The molecule has 1 saturated carbocycles. The van der Waals surface area contributed by atoms with E-state index in [2.05, 4.69) is 27.7 Å². The van der Waals surface area contributed by atoms with Crippen LogP contribution in [0.15, 0.2) is 24.3 Å². The fourth-order valence-electron chi connectivity index (χ4n) is 3.04. The van der Waals surface area contributed by atoms with E-state index in [1.807, 2.05) is 12.1 Å². The summed E-state index contributed by atoms with van der Waals surface area (Å²) in [5.41, 5.74) is 1.30. The molecule has 2 atom stereocenters. The molecule has 126 valence electrons. The van der Waals surface area contributed by atoms with Crippen LogP contribution in [0.5, 0.6) is 5.75 Å². The zero-order valence-corrected chi connectivity index (χ0v) is 14.8. The first-order valence-electron chi connectivity index (χ1n) is 8.94. The van der Waals surface area contributed by atoms with Crippen LogP contribution in [0.1, 0.15) is 77.7 Å². The molecule has 0 bridgehead atoms. The number of hydrogen-bond acceptors (Lipinski definition) is 2. The summed E-state index contributed by atoms with van der Waals surface area (Å²) in [6.07, 6.45) is 7.01. The number of rotatable bonds is 4. The van der Waals surface area contributed by atoms with Crippen LogP contribution in [0, 0.1) is 11.8 Å². The molecule has 1 aromatic rings. The molecule has 0 aliphatic heterocycles. The van der Waals surface area contributed by atoms with Gasteiger partial charge in [0.25, 0.3) is 0 Å². The van der Waals surface area contributed by atoms with E-state index in [1.165, 1.54) is 24.8 Å². The summed E-state index contributed by atoms with van der Waals surface area (Å²) in [6.45, 7) is 8.95. The van der Waals surface area contributed by atoms with Crippen molar-refractivity contribution < 1.29 is 10.2 Å². The minimum absolute atomic E-state index is 0.00954. The number of phenolic OH excluding ortho intramolecular Hbond substituents is 1. The third-order valence-corrected chi connectivity index (χ3v) is 5.26. The van der Waals surface area contributed by atoms with E-state index in [-0.39, 0.29) is 6.10 Å². The van der Waals surface area contributed by atoms with Gasteiger partial charge in [0.1, 0.15) is 5.75 Å². The smallest absolute Gasteiger partial charge is 0.115 e. The van der Waals surface area contributed by atoms with Gasteiger partial charge in [0.05, 0.1) is 6.10 Å². The maximum absolute atomic E-state index is 9.28. The highest BCUT2D eigenvalue weighted by Gasteiger charge is 2.22. The van der Waals surface area contributed by atoms with Gasteiger partial charge in [-0.1, -0.05) is 46.2 Å². The normalized spacial score (nSPS) is 24.0. The number of phenols is 1. The molecule has 22 heavy (non-hydrogen) atoms. The highest BCUT2D eigenvalue weighted by atomic mass is 16.3. The Kier molecular flexibility index (Phi) is 8.55. The molecule has 0 spiro atoms. The van der Waals surface area contributed by atoms with Crippen LogP contribution in [-0.4, -0.2) is 16.3 Å². The summed E-state index contributed by atoms with van der Waals surface area (Å²) < 4.78 is 0. The van der Waals surface area contributed by atoms with Crippen LogP contribution in [0.3, 0.4) is 0 Å². The summed E-state index contributed by atoms with van der Waals surface area (Å²) in [5, 5.41) is 18.3. The Balaban J connectivity index is 0.000000220. The Labute approximate surface area is 136 Å². The molecule has 0 aromatic heterocycles. The van der Waals surface area contributed by atoms with Gasteiger partial charge in [-0.15, -0.1) is 0 Å².